The summed E-state index contributed by atoms with van der Waals surface area (Å²) in [7, 11) is 0. The molecule has 0 N–H and O–H groups in total. The molecule has 0 radical (unpaired) electrons. The van der Waals surface area contributed by atoms with Gasteiger partial charge >= 0.3 is 17.9 Å². The lowest BCUT2D eigenvalue weighted by atomic mass is 9.88. The van der Waals surface area contributed by atoms with Gasteiger partial charge in [-0.15, -0.1) is 0 Å². The molecule has 0 unspecified atom stereocenters. The Morgan fingerprint density at radius 1 is 0.533 bits per heavy atom. The van der Waals surface area contributed by atoms with Crippen molar-refractivity contribution in [3.05, 3.63) is 0 Å². The lowest BCUT2D eigenvalue weighted by Crippen LogP contribution is -2.39. The molecule has 176 valence electrons. The zero-order chi connectivity index (χ0) is 22.7. The Bertz CT molecular complexity index is 410. The van der Waals surface area contributed by atoms with E-state index in [9.17, 15) is 14.4 Å². The van der Waals surface area contributed by atoms with E-state index in [2.05, 4.69) is 20.8 Å². The number of esters is 3. The number of ether oxygens (including phenoxy) is 3. The van der Waals surface area contributed by atoms with Crippen LogP contribution >= 0.6 is 0 Å². The van der Waals surface area contributed by atoms with Crippen LogP contribution in [-0.4, -0.2) is 37.7 Å². The molecule has 0 bridgehead atoms. The molecule has 30 heavy (non-hydrogen) atoms. The molecule has 0 atom stereocenters. The lowest BCUT2D eigenvalue weighted by molar-refractivity contribution is -0.162. The van der Waals surface area contributed by atoms with Gasteiger partial charge < -0.3 is 14.2 Å². The number of hydrogen-bond donors (Lipinski definition) is 0. The van der Waals surface area contributed by atoms with Crippen LogP contribution in [0.4, 0.5) is 0 Å². The molecule has 0 aromatic rings. The third-order valence-corrected chi connectivity index (χ3v) is 5.32. The Labute approximate surface area is 183 Å². The van der Waals surface area contributed by atoms with E-state index in [1.54, 1.807) is 0 Å². The molecule has 0 fully saturated rings. The normalized spacial score (nSPS) is 11.2. The van der Waals surface area contributed by atoms with Crippen LogP contribution in [0.3, 0.4) is 0 Å². The fraction of sp³-hybridized carbons (Fsp3) is 0.875. The molecule has 0 aromatic carbocycles. The monoisotopic (exact) mass is 428 g/mol. The van der Waals surface area contributed by atoms with Crippen LogP contribution in [0.25, 0.3) is 0 Å². The van der Waals surface area contributed by atoms with Crippen molar-refractivity contribution in [2.75, 3.05) is 19.8 Å². The highest BCUT2D eigenvalue weighted by Crippen LogP contribution is 2.25. The second-order valence-corrected chi connectivity index (χ2v) is 8.21. The van der Waals surface area contributed by atoms with Gasteiger partial charge in [-0.1, -0.05) is 66.2 Å². The Hall–Kier alpha value is -1.59. The number of carbonyl (C=O) groups is 3. The number of hydrogen-bond acceptors (Lipinski definition) is 6. The van der Waals surface area contributed by atoms with Crippen LogP contribution in [-0.2, 0) is 28.6 Å². The summed E-state index contributed by atoms with van der Waals surface area (Å²) in [6.45, 7) is 8.42. The third kappa shape index (κ3) is 14.4. The molecule has 0 aromatic heterocycles. The number of rotatable bonds is 19. The predicted molar refractivity (Wildman–Crippen MR) is 118 cm³/mol. The van der Waals surface area contributed by atoms with Gasteiger partial charge in [0.05, 0.1) is 5.41 Å². The Balaban J connectivity index is 4.80. The van der Waals surface area contributed by atoms with Crippen molar-refractivity contribution >= 4 is 17.9 Å². The third-order valence-electron chi connectivity index (χ3n) is 5.32. The zero-order valence-corrected chi connectivity index (χ0v) is 19.8. The maximum atomic E-state index is 12.1. The van der Waals surface area contributed by atoms with Gasteiger partial charge in [0.15, 0.2) is 0 Å². The first-order chi connectivity index (χ1) is 14.4. The zero-order valence-electron chi connectivity index (χ0n) is 19.8. The maximum absolute atomic E-state index is 12.1. The van der Waals surface area contributed by atoms with Crippen molar-refractivity contribution < 1.29 is 28.6 Å². The lowest BCUT2D eigenvalue weighted by Gasteiger charge is -2.31. The SMILES string of the molecule is CCCCCC(=O)OCC(CC)(COC(=O)CCCCC)COC(=O)CCCCC. The summed E-state index contributed by atoms with van der Waals surface area (Å²) in [6.07, 6.45) is 10.2. The molecule has 0 aliphatic carbocycles. The topological polar surface area (TPSA) is 78.9 Å². The predicted octanol–water partition coefficient (Wildman–Crippen LogP) is 5.75. The average Bonchev–Trinajstić information content (AvgIpc) is 2.74. The van der Waals surface area contributed by atoms with E-state index in [0.717, 1.165) is 57.8 Å². The van der Waals surface area contributed by atoms with E-state index in [4.69, 9.17) is 14.2 Å². The molecule has 0 saturated carbocycles. The standard InChI is InChI=1S/C24H44O6/c1-5-9-12-15-21(25)28-18-24(8-4,19-29-22(26)16-13-10-6-2)20-30-23(27)17-14-11-7-3/h5-20H2,1-4H3. The maximum Gasteiger partial charge on any atom is 0.305 e. The molecule has 0 aliphatic heterocycles. The van der Waals surface area contributed by atoms with E-state index in [0.29, 0.717) is 25.7 Å². The highest BCUT2D eigenvalue weighted by Gasteiger charge is 2.34. The van der Waals surface area contributed by atoms with E-state index in [1.807, 2.05) is 6.92 Å². The Morgan fingerprint density at radius 2 is 0.833 bits per heavy atom. The fourth-order valence-electron chi connectivity index (χ4n) is 2.91. The van der Waals surface area contributed by atoms with Crippen LogP contribution < -0.4 is 0 Å². The highest BCUT2D eigenvalue weighted by atomic mass is 16.6. The van der Waals surface area contributed by atoms with E-state index in [1.165, 1.54) is 0 Å². The molecular formula is C24H44O6. The fourth-order valence-corrected chi connectivity index (χ4v) is 2.91. The summed E-state index contributed by atoms with van der Waals surface area (Å²) in [4.78, 5) is 36.2. The molecule has 0 aliphatic rings. The quantitative estimate of drug-likeness (QED) is 0.148. The van der Waals surface area contributed by atoms with Crippen LogP contribution in [0.5, 0.6) is 0 Å². The van der Waals surface area contributed by atoms with Crippen molar-refractivity contribution in [1.29, 1.82) is 0 Å². The Kier molecular flexibility index (Phi) is 17.2. The van der Waals surface area contributed by atoms with Crippen molar-refractivity contribution in [1.82, 2.24) is 0 Å². The summed E-state index contributed by atoms with van der Waals surface area (Å²) in [5.41, 5.74) is -0.707. The molecule has 0 spiro atoms. The van der Waals surface area contributed by atoms with Gasteiger partial charge in [0.1, 0.15) is 19.8 Å². The van der Waals surface area contributed by atoms with Gasteiger partial charge in [-0.05, 0) is 25.7 Å². The minimum Gasteiger partial charge on any atom is -0.465 e. The molecule has 0 rings (SSSR count). The molecular weight excluding hydrogens is 384 g/mol. The summed E-state index contributed by atoms with van der Waals surface area (Å²) in [5, 5.41) is 0. The van der Waals surface area contributed by atoms with Crippen molar-refractivity contribution in [3.8, 4) is 0 Å². The van der Waals surface area contributed by atoms with Gasteiger partial charge in [0.2, 0.25) is 0 Å². The number of unbranched alkanes of at least 4 members (excludes halogenated alkanes) is 6. The summed E-state index contributed by atoms with van der Waals surface area (Å²) in [5.74, 6) is -0.778. The van der Waals surface area contributed by atoms with Crippen LogP contribution in [0.2, 0.25) is 0 Å². The highest BCUT2D eigenvalue weighted by molar-refractivity contribution is 5.70. The second-order valence-electron chi connectivity index (χ2n) is 8.21. The van der Waals surface area contributed by atoms with Crippen molar-refractivity contribution in [2.45, 2.75) is 111 Å². The molecule has 6 nitrogen and oxygen atoms in total. The van der Waals surface area contributed by atoms with E-state index >= 15 is 0 Å². The van der Waals surface area contributed by atoms with Gasteiger partial charge in [0.25, 0.3) is 0 Å². The molecule has 0 heterocycles. The van der Waals surface area contributed by atoms with Crippen molar-refractivity contribution in [3.63, 3.8) is 0 Å². The van der Waals surface area contributed by atoms with Crippen LogP contribution in [0, 0.1) is 5.41 Å². The largest absolute Gasteiger partial charge is 0.465 e. The van der Waals surface area contributed by atoms with Crippen LogP contribution in [0.1, 0.15) is 111 Å². The van der Waals surface area contributed by atoms with E-state index < -0.39 is 5.41 Å². The van der Waals surface area contributed by atoms with Crippen LogP contribution in [0.15, 0.2) is 0 Å². The summed E-state index contributed by atoms with van der Waals surface area (Å²) in [6, 6.07) is 0. The number of carbonyl (C=O) groups excluding carboxylic acids is 3. The molecule has 0 saturated heterocycles. The first-order valence-corrected chi connectivity index (χ1v) is 11.9. The smallest absolute Gasteiger partial charge is 0.305 e. The Morgan fingerprint density at radius 3 is 1.07 bits per heavy atom. The van der Waals surface area contributed by atoms with Gasteiger partial charge in [-0.3, -0.25) is 14.4 Å². The van der Waals surface area contributed by atoms with Crippen molar-refractivity contribution in [2.24, 2.45) is 5.41 Å². The van der Waals surface area contributed by atoms with E-state index in [-0.39, 0.29) is 37.7 Å². The average molecular weight is 429 g/mol. The minimum absolute atomic E-state index is 0.0823. The first-order valence-electron chi connectivity index (χ1n) is 11.9. The summed E-state index contributed by atoms with van der Waals surface area (Å²) >= 11 is 0. The van der Waals surface area contributed by atoms with Gasteiger partial charge in [-0.25, -0.2) is 0 Å². The molecule has 6 heteroatoms. The summed E-state index contributed by atoms with van der Waals surface area (Å²) < 4.78 is 16.5. The molecule has 0 amide bonds. The minimum atomic E-state index is -0.707. The first kappa shape index (κ1) is 28.4. The second kappa shape index (κ2) is 18.2. The van der Waals surface area contributed by atoms with Gasteiger partial charge in [-0.2, -0.15) is 0 Å². The van der Waals surface area contributed by atoms with Gasteiger partial charge in [0, 0.05) is 19.3 Å².